The molecule has 0 saturated carbocycles. The number of nitrogens with two attached hydrogens (primary N) is 1. The molecule has 4 aromatic rings. The zero-order valence-corrected chi connectivity index (χ0v) is 15.9. The van der Waals surface area contributed by atoms with Crippen molar-refractivity contribution in [1.82, 2.24) is 19.5 Å². The minimum atomic E-state index is 0.261. The van der Waals surface area contributed by atoms with Gasteiger partial charge >= 0.3 is 6.01 Å². The molecule has 3 N–H and O–H groups in total. The van der Waals surface area contributed by atoms with Crippen LogP contribution in [0.1, 0.15) is 16.8 Å². The number of aromatic nitrogens is 4. The van der Waals surface area contributed by atoms with Gasteiger partial charge in [0.2, 0.25) is 11.9 Å². The number of benzene rings is 2. The maximum Gasteiger partial charge on any atom is 0.322 e. The van der Waals surface area contributed by atoms with Gasteiger partial charge in [0, 0.05) is 24.2 Å². The minimum Gasteiger partial charge on any atom is -0.467 e. The Bertz CT molecular complexity index is 1110. The summed E-state index contributed by atoms with van der Waals surface area (Å²) in [4.78, 5) is 13.4. The van der Waals surface area contributed by atoms with Gasteiger partial charge in [0.1, 0.15) is 0 Å². The highest BCUT2D eigenvalue weighted by atomic mass is 16.5. The number of nitrogens with zero attached hydrogens (tertiary/aromatic N) is 4. The lowest BCUT2D eigenvalue weighted by Crippen LogP contribution is -2.11. The van der Waals surface area contributed by atoms with E-state index in [-0.39, 0.29) is 6.01 Å². The fourth-order valence-electron chi connectivity index (χ4n) is 3.26. The number of aryl methyl sites for hydroxylation is 1. The first-order valence-corrected chi connectivity index (χ1v) is 9.08. The minimum absolute atomic E-state index is 0.261. The Morgan fingerprint density at radius 1 is 1.04 bits per heavy atom. The normalized spacial score (nSPS) is 11.0. The average Bonchev–Trinajstić information content (AvgIpc) is 3.08. The van der Waals surface area contributed by atoms with E-state index in [4.69, 9.17) is 10.5 Å². The van der Waals surface area contributed by atoms with Gasteiger partial charge in [-0.05, 0) is 30.2 Å². The molecule has 28 heavy (non-hydrogen) atoms. The van der Waals surface area contributed by atoms with Gasteiger partial charge in [0.05, 0.1) is 12.6 Å². The Morgan fingerprint density at radius 2 is 1.86 bits per heavy atom. The van der Waals surface area contributed by atoms with Crippen molar-refractivity contribution in [3.63, 3.8) is 0 Å². The molecule has 0 amide bonds. The van der Waals surface area contributed by atoms with E-state index in [9.17, 15) is 0 Å². The Balaban J connectivity index is 1.76. The summed E-state index contributed by atoms with van der Waals surface area (Å²) in [6.45, 7) is 3.11. The summed E-state index contributed by atoms with van der Waals surface area (Å²) in [6.07, 6.45) is 0. The van der Waals surface area contributed by atoms with Crippen LogP contribution in [0, 0.1) is 6.92 Å². The Labute approximate surface area is 163 Å². The number of nitrogens with one attached hydrogen (secondary N) is 1. The van der Waals surface area contributed by atoms with Crippen LogP contribution in [-0.2, 0) is 13.1 Å². The molecular formula is C21H22N6O. The molecule has 7 heteroatoms. The van der Waals surface area contributed by atoms with E-state index in [0.717, 1.165) is 27.7 Å². The molecule has 0 aliphatic heterocycles. The van der Waals surface area contributed by atoms with Crippen molar-refractivity contribution in [1.29, 1.82) is 0 Å². The zero-order valence-electron chi connectivity index (χ0n) is 15.9. The van der Waals surface area contributed by atoms with Crippen LogP contribution in [0.3, 0.4) is 0 Å². The molecule has 0 fully saturated rings. The lowest BCUT2D eigenvalue weighted by Gasteiger charge is -2.11. The number of ether oxygens (including phenoxy) is 1. The van der Waals surface area contributed by atoms with E-state index in [0.29, 0.717) is 25.0 Å². The van der Waals surface area contributed by atoms with E-state index < -0.39 is 0 Å². The average molecular weight is 374 g/mol. The van der Waals surface area contributed by atoms with Crippen molar-refractivity contribution in [2.24, 2.45) is 5.73 Å². The zero-order chi connectivity index (χ0) is 19.5. The molecule has 2 aromatic carbocycles. The van der Waals surface area contributed by atoms with Crippen molar-refractivity contribution in [3.05, 3.63) is 71.4 Å². The van der Waals surface area contributed by atoms with E-state index >= 15 is 0 Å². The van der Waals surface area contributed by atoms with Gasteiger partial charge in [-0.15, -0.1) is 0 Å². The second-order valence-electron chi connectivity index (χ2n) is 6.46. The number of fused-ring (bicyclic) bond motifs is 1. The first-order valence-electron chi connectivity index (χ1n) is 9.08. The van der Waals surface area contributed by atoms with Crippen LogP contribution < -0.4 is 15.8 Å². The molecular weight excluding hydrogens is 352 g/mol. The fourth-order valence-corrected chi connectivity index (χ4v) is 3.26. The topological polar surface area (TPSA) is 90.9 Å². The van der Waals surface area contributed by atoms with Crippen LogP contribution in [-0.4, -0.2) is 26.6 Å². The monoisotopic (exact) mass is 374 g/mol. The maximum absolute atomic E-state index is 5.90. The van der Waals surface area contributed by atoms with Crippen LogP contribution in [0.15, 0.2) is 54.6 Å². The third-order valence-electron chi connectivity index (χ3n) is 4.62. The van der Waals surface area contributed by atoms with Crippen molar-refractivity contribution in [2.45, 2.75) is 20.0 Å². The molecule has 0 radical (unpaired) electrons. The molecule has 0 atom stereocenters. The standard InChI is InChI=1S/C21H22N6O/c1-14-11-17-16(12-22)9-6-10-18(17)27(14)20-24-19(25-21(26-20)28-2)23-13-15-7-4-3-5-8-15/h3-11H,12-13,22H2,1-2H3,(H,23,24,25,26). The number of hydrogen-bond acceptors (Lipinski definition) is 6. The predicted octanol–water partition coefficient (Wildman–Crippen LogP) is 3.20. The van der Waals surface area contributed by atoms with Crippen molar-refractivity contribution in [3.8, 4) is 12.0 Å². The molecule has 0 unspecified atom stereocenters. The highest BCUT2D eigenvalue weighted by Crippen LogP contribution is 2.26. The van der Waals surface area contributed by atoms with Gasteiger partial charge in [0.25, 0.3) is 0 Å². The first kappa shape index (κ1) is 17.9. The largest absolute Gasteiger partial charge is 0.467 e. The maximum atomic E-state index is 5.90. The highest BCUT2D eigenvalue weighted by Gasteiger charge is 2.15. The second-order valence-corrected chi connectivity index (χ2v) is 6.46. The second kappa shape index (κ2) is 7.66. The van der Waals surface area contributed by atoms with Crippen molar-refractivity contribution < 1.29 is 4.74 Å². The first-order chi connectivity index (χ1) is 13.7. The molecule has 142 valence electrons. The van der Waals surface area contributed by atoms with Gasteiger partial charge in [-0.2, -0.15) is 15.0 Å². The number of hydrogen-bond donors (Lipinski definition) is 2. The number of anilines is 1. The van der Waals surface area contributed by atoms with E-state index in [1.165, 1.54) is 0 Å². The molecule has 0 aliphatic carbocycles. The SMILES string of the molecule is COc1nc(NCc2ccccc2)nc(-n2c(C)cc3c(CN)cccc32)n1. The smallest absolute Gasteiger partial charge is 0.322 e. The molecule has 2 heterocycles. The van der Waals surface area contributed by atoms with E-state index in [1.54, 1.807) is 7.11 Å². The summed E-state index contributed by atoms with van der Waals surface area (Å²) in [6, 6.07) is 18.5. The van der Waals surface area contributed by atoms with E-state index in [2.05, 4.69) is 26.3 Å². The molecule has 7 nitrogen and oxygen atoms in total. The number of methoxy groups -OCH3 is 1. The molecule has 4 rings (SSSR count). The Kier molecular flexibility index (Phi) is 4.90. The quantitative estimate of drug-likeness (QED) is 0.539. The summed E-state index contributed by atoms with van der Waals surface area (Å²) >= 11 is 0. The summed E-state index contributed by atoms with van der Waals surface area (Å²) in [5.41, 5.74) is 10.1. The molecule has 0 bridgehead atoms. The molecule has 2 aromatic heterocycles. The highest BCUT2D eigenvalue weighted by molar-refractivity contribution is 5.86. The van der Waals surface area contributed by atoms with Crippen LogP contribution in [0.2, 0.25) is 0 Å². The van der Waals surface area contributed by atoms with Gasteiger partial charge < -0.3 is 15.8 Å². The lowest BCUT2D eigenvalue weighted by atomic mass is 10.1. The Hall–Kier alpha value is -3.45. The van der Waals surface area contributed by atoms with Crippen LogP contribution in [0.5, 0.6) is 6.01 Å². The van der Waals surface area contributed by atoms with E-state index in [1.807, 2.05) is 60.0 Å². The lowest BCUT2D eigenvalue weighted by molar-refractivity contribution is 0.378. The molecule has 0 spiro atoms. The van der Waals surface area contributed by atoms with Crippen LogP contribution in [0.4, 0.5) is 5.95 Å². The van der Waals surface area contributed by atoms with Gasteiger partial charge in [0.15, 0.2) is 0 Å². The Morgan fingerprint density at radius 3 is 2.61 bits per heavy atom. The van der Waals surface area contributed by atoms with Crippen LogP contribution >= 0.6 is 0 Å². The third kappa shape index (κ3) is 3.39. The van der Waals surface area contributed by atoms with Crippen molar-refractivity contribution in [2.75, 3.05) is 12.4 Å². The fraction of sp³-hybridized carbons (Fsp3) is 0.190. The van der Waals surface area contributed by atoms with Gasteiger partial charge in [-0.1, -0.05) is 42.5 Å². The summed E-state index contributed by atoms with van der Waals surface area (Å²) in [5, 5.41) is 4.35. The predicted molar refractivity (Wildman–Crippen MR) is 110 cm³/mol. The van der Waals surface area contributed by atoms with Gasteiger partial charge in [-0.3, -0.25) is 4.57 Å². The number of rotatable bonds is 6. The summed E-state index contributed by atoms with van der Waals surface area (Å²) in [5.74, 6) is 0.964. The molecule has 0 aliphatic rings. The van der Waals surface area contributed by atoms with Gasteiger partial charge in [-0.25, -0.2) is 0 Å². The summed E-state index contributed by atoms with van der Waals surface area (Å²) in [7, 11) is 1.55. The molecule has 0 saturated heterocycles. The third-order valence-corrected chi connectivity index (χ3v) is 4.62. The van der Waals surface area contributed by atoms with Crippen LogP contribution in [0.25, 0.3) is 16.9 Å². The van der Waals surface area contributed by atoms with Crippen molar-refractivity contribution >= 4 is 16.9 Å². The summed E-state index contributed by atoms with van der Waals surface area (Å²) < 4.78 is 7.30.